The molecule has 0 aliphatic heterocycles. The van der Waals surface area contributed by atoms with E-state index >= 15 is 0 Å². The standard InChI is InChI=1S/C13H8ClF6N3O/c1-23-10(24)8(5-2-3-6(14)7(21)4-5)9(12(15,16)17)22-11(23)13(18,19)20/h2-4H,21H2,1H3. The highest BCUT2D eigenvalue weighted by molar-refractivity contribution is 6.33. The van der Waals surface area contributed by atoms with Crippen molar-refractivity contribution in [2.45, 2.75) is 12.4 Å². The maximum atomic E-state index is 13.2. The van der Waals surface area contributed by atoms with Crippen LogP contribution >= 0.6 is 11.6 Å². The number of nitrogens with two attached hydrogens (primary N) is 1. The van der Waals surface area contributed by atoms with Crippen LogP contribution in [0.4, 0.5) is 32.0 Å². The fourth-order valence-corrected chi connectivity index (χ4v) is 2.14. The van der Waals surface area contributed by atoms with E-state index in [1.165, 1.54) is 0 Å². The quantitative estimate of drug-likeness (QED) is 0.614. The molecule has 0 unspecified atom stereocenters. The van der Waals surface area contributed by atoms with Crippen molar-refractivity contribution in [3.05, 3.63) is 45.1 Å². The Morgan fingerprint density at radius 2 is 1.71 bits per heavy atom. The molecule has 0 bridgehead atoms. The maximum absolute atomic E-state index is 13.2. The van der Waals surface area contributed by atoms with Gasteiger partial charge in [0.15, 0.2) is 5.69 Å². The van der Waals surface area contributed by atoms with Gasteiger partial charge in [-0.1, -0.05) is 17.7 Å². The Kier molecular flexibility index (Phi) is 4.29. The number of benzene rings is 1. The highest BCUT2D eigenvalue weighted by atomic mass is 35.5. The number of nitrogens with zero attached hydrogens (tertiary/aromatic N) is 2. The van der Waals surface area contributed by atoms with Crippen molar-refractivity contribution in [3.63, 3.8) is 0 Å². The zero-order valence-electron chi connectivity index (χ0n) is 11.8. The molecule has 0 saturated carbocycles. The molecule has 0 saturated heterocycles. The summed E-state index contributed by atoms with van der Waals surface area (Å²) in [4.78, 5) is 14.8. The van der Waals surface area contributed by atoms with Gasteiger partial charge in [0, 0.05) is 7.05 Å². The summed E-state index contributed by atoms with van der Waals surface area (Å²) >= 11 is 5.66. The van der Waals surface area contributed by atoms with E-state index in [-0.39, 0.29) is 20.8 Å². The van der Waals surface area contributed by atoms with Crippen molar-refractivity contribution in [1.82, 2.24) is 9.55 Å². The van der Waals surface area contributed by atoms with Gasteiger partial charge in [0.1, 0.15) is 0 Å². The van der Waals surface area contributed by atoms with Crippen LogP contribution in [0.1, 0.15) is 11.5 Å². The summed E-state index contributed by atoms with van der Waals surface area (Å²) in [5.41, 5.74) is 0.512. The van der Waals surface area contributed by atoms with E-state index in [1.807, 2.05) is 0 Å². The summed E-state index contributed by atoms with van der Waals surface area (Å²) < 4.78 is 77.9. The third-order valence-corrected chi connectivity index (χ3v) is 3.44. The molecule has 2 aromatic rings. The van der Waals surface area contributed by atoms with E-state index in [4.69, 9.17) is 17.3 Å². The fraction of sp³-hybridized carbons (Fsp3) is 0.231. The van der Waals surface area contributed by atoms with Crippen LogP contribution in [0.3, 0.4) is 0 Å². The molecule has 0 spiro atoms. The lowest BCUT2D eigenvalue weighted by Crippen LogP contribution is -2.32. The molecular weight excluding hydrogens is 364 g/mol. The molecule has 1 heterocycles. The molecule has 24 heavy (non-hydrogen) atoms. The fourth-order valence-electron chi connectivity index (χ4n) is 2.02. The molecular formula is C13H8ClF6N3O. The number of alkyl halides is 6. The molecule has 11 heteroatoms. The molecule has 0 atom stereocenters. The summed E-state index contributed by atoms with van der Waals surface area (Å²) in [5, 5.41) is 0.0176. The molecule has 1 aromatic carbocycles. The zero-order valence-corrected chi connectivity index (χ0v) is 12.5. The second-order valence-electron chi connectivity index (χ2n) is 4.75. The summed E-state index contributed by atoms with van der Waals surface area (Å²) in [7, 11) is 0.682. The molecule has 2 N–H and O–H groups in total. The number of anilines is 1. The summed E-state index contributed by atoms with van der Waals surface area (Å²) in [6, 6.07) is 3.13. The summed E-state index contributed by atoms with van der Waals surface area (Å²) in [6.07, 6.45) is -10.5. The van der Waals surface area contributed by atoms with Crippen LogP contribution in [0.2, 0.25) is 5.02 Å². The third kappa shape index (κ3) is 3.18. The van der Waals surface area contributed by atoms with Crippen molar-refractivity contribution in [1.29, 1.82) is 0 Å². The Balaban J connectivity index is 2.92. The third-order valence-electron chi connectivity index (χ3n) is 3.10. The van der Waals surface area contributed by atoms with Crippen LogP contribution in [-0.4, -0.2) is 9.55 Å². The van der Waals surface area contributed by atoms with Gasteiger partial charge in [-0.3, -0.25) is 9.36 Å². The van der Waals surface area contributed by atoms with Crippen LogP contribution < -0.4 is 11.3 Å². The molecule has 1 aromatic heterocycles. The van der Waals surface area contributed by atoms with Gasteiger partial charge >= 0.3 is 12.4 Å². The average Bonchev–Trinajstić information content (AvgIpc) is 2.42. The number of halogens is 7. The van der Waals surface area contributed by atoms with Crippen molar-refractivity contribution in [3.8, 4) is 11.1 Å². The Hall–Kier alpha value is -2.23. The van der Waals surface area contributed by atoms with Gasteiger partial charge in [-0.25, -0.2) is 4.98 Å². The predicted molar refractivity (Wildman–Crippen MR) is 74.3 cm³/mol. The molecule has 0 fully saturated rings. The minimum absolute atomic E-state index is 0.00930. The minimum atomic E-state index is -5.28. The van der Waals surface area contributed by atoms with E-state index in [9.17, 15) is 31.1 Å². The molecule has 2 rings (SSSR count). The number of nitrogen functional groups attached to an aromatic ring is 1. The normalized spacial score (nSPS) is 12.5. The van der Waals surface area contributed by atoms with E-state index in [0.29, 0.717) is 7.05 Å². The summed E-state index contributed by atoms with van der Waals surface area (Å²) in [6.45, 7) is 0. The SMILES string of the molecule is Cn1c(C(F)(F)F)nc(C(F)(F)F)c(-c2ccc(Cl)c(N)c2)c1=O. The highest BCUT2D eigenvalue weighted by Crippen LogP contribution is 2.37. The van der Waals surface area contributed by atoms with Gasteiger partial charge in [0.25, 0.3) is 5.56 Å². The van der Waals surface area contributed by atoms with Crippen LogP contribution in [0.5, 0.6) is 0 Å². The number of hydrogen-bond acceptors (Lipinski definition) is 3. The predicted octanol–water partition coefficient (Wildman–Crippen LogP) is 3.72. The number of aromatic nitrogens is 2. The first-order valence-electron chi connectivity index (χ1n) is 6.15. The van der Waals surface area contributed by atoms with Gasteiger partial charge in [0.05, 0.1) is 16.3 Å². The first-order chi connectivity index (χ1) is 10.8. The van der Waals surface area contributed by atoms with Crippen molar-refractivity contribution >= 4 is 17.3 Å². The zero-order chi connectivity index (χ0) is 18.4. The number of hydrogen-bond donors (Lipinski definition) is 1. The second kappa shape index (κ2) is 5.69. The van der Waals surface area contributed by atoms with E-state index < -0.39 is 35.0 Å². The van der Waals surface area contributed by atoms with Gasteiger partial charge in [-0.15, -0.1) is 0 Å². The molecule has 0 aliphatic rings. The molecule has 4 nitrogen and oxygen atoms in total. The summed E-state index contributed by atoms with van der Waals surface area (Å²) in [5.74, 6) is -1.95. The largest absolute Gasteiger partial charge is 0.449 e. The lowest BCUT2D eigenvalue weighted by atomic mass is 10.0. The lowest BCUT2D eigenvalue weighted by Gasteiger charge is -2.17. The van der Waals surface area contributed by atoms with Crippen LogP contribution in [0.25, 0.3) is 11.1 Å². The van der Waals surface area contributed by atoms with Gasteiger partial charge in [-0.05, 0) is 17.7 Å². The lowest BCUT2D eigenvalue weighted by molar-refractivity contribution is -0.154. The van der Waals surface area contributed by atoms with Crippen molar-refractivity contribution in [2.24, 2.45) is 7.05 Å². The molecule has 0 amide bonds. The van der Waals surface area contributed by atoms with E-state index in [2.05, 4.69) is 4.98 Å². The monoisotopic (exact) mass is 371 g/mol. The van der Waals surface area contributed by atoms with Gasteiger partial charge in [0.2, 0.25) is 5.82 Å². The van der Waals surface area contributed by atoms with Gasteiger partial charge < -0.3 is 5.73 Å². The Bertz CT molecular complexity index is 856. The van der Waals surface area contributed by atoms with Gasteiger partial charge in [-0.2, -0.15) is 26.3 Å². The smallest absolute Gasteiger partial charge is 0.398 e. The minimum Gasteiger partial charge on any atom is -0.398 e. The first-order valence-corrected chi connectivity index (χ1v) is 6.52. The molecule has 130 valence electrons. The Labute approximate surface area is 135 Å². The van der Waals surface area contributed by atoms with Crippen LogP contribution in [0, 0.1) is 0 Å². The van der Waals surface area contributed by atoms with Crippen molar-refractivity contribution < 1.29 is 26.3 Å². The Morgan fingerprint density at radius 1 is 1.12 bits per heavy atom. The van der Waals surface area contributed by atoms with E-state index in [0.717, 1.165) is 18.2 Å². The first kappa shape index (κ1) is 18.1. The molecule has 0 radical (unpaired) electrons. The van der Waals surface area contributed by atoms with Crippen molar-refractivity contribution in [2.75, 3.05) is 5.73 Å². The number of rotatable bonds is 1. The average molecular weight is 372 g/mol. The van der Waals surface area contributed by atoms with E-state index in [1.54, 1.807) is 0 Å². The second-order valence-corrected chi connectivity index (χ2v) is 5.16. The highest BCUT2D eigenvalue weighted by Gasteiger charge is 2.43. The molecule has 0 aliphatic carbocycles. The Morgan fingerprint density at radius 3 is 2.17 bits per heavy atom. The van der Waals surface area contributed by atoms with Crippen LogP contribution in [0.15, 0.2) is 23.0 Å². The topological polar surface area (TPSA) is 60.9 Å². The van der Waals surface area contributed by atoms with Crippen LogP contribution in [-0.2, 0) is 19.4 Å². The maximum Gasteiger partial charge on any atom is 0.449 e.